The smallest absolute Gasteiger partial charge is 0.143 e. The van der Waals surface area contributed by atoms with Gasteiger partial charge in [-0.1, -0.05) is 139 Å². The van der Waals surface area contributed by atoms with Crippen molar-refractivity contribution in [1.82, 2.24) is 0 Å². The average Bonchev–Trinajstić information content (AvgIpc) is 3.60. The van der Waals surface area contributed by atoms with E-state index in [2.05, 4.69) is 42.5 Å². The standard InChI is InChI=1S/C46H31NO/c1-3-10-32(11-4-1)34-18-25-38(26-19-34)47(39-27-20-35(21-28-39)33-12-5-2-6-13-33)40-29-22-37(23-30-40)41-16-9-17-44-45(41)43-31-24-36-14-7-8-15-42(36)46(43)48-44/h1-31H/i18D,19D,25D,26D. The summed E-state index contributed by atoms with van der Waals surface area (Å²) in [6.07, 6.45) is 0. The summed E-state index contributed by atoms with van der Waals surface area (Å²) in [5.74, 6) is 0. The molecule has 0 amide bonds. The predicted octanol–water partition coefficient (Wildman–Crippen LogP) is 13.2. The van der Waals surface area contributed by atoms with Crippen molar-refractivity contribution in [2.75, 3.05) is 4.90 Å². The number of fused-ring (bicyclic) bond motifs is 5. The Morgan fingerprint density at radius 1 is 0.396 bits per heavy atom. The lowest BCUT2D eigenvalue weighted by molar-refractivity contribution is 0.673. The van der Waals surface area contributed by atoms with Crippen LogP contribution in [0.5, 0.6) is 0 Å². The van der Waals surface area contributed by atoms with Gasteiger partial charge in [-0.05, 0) is 87.2 Å². The van der Waals surface area contributed by atoms with Crippen molar-refractivity contribution in [2.24, 2.45) is 0 Å². The van der Waals surface area contributed by atoms with Crippen LogP contribution in [-0.4, -0.2) is 0 Å². The SMILES string of the molecule is [2H]c1c([2H])c(N(c2ccc(-c3ccccc3)cc2)c2ccc(-c3cccc4oc5c6ccccc6ccc5c34)cc2)c([2H])c([2H])c1-c1ccccc1. The van der Waals surface area contributed by atoms with Crippen molar-refractivity contribution >= 4 is 49.8 Å². The van der Waals surface area contributed by atoms with Crippen LogP contribution in [0.1, 0.15) is 5.48 Å². The van der Waals surface area contributed by atoms with Gasteiger partial charge in [-0.2, -0.15) is 0 Å². The van der Waals surface area contributed by atoms with Crippen LogP contribution >= 0.6 is 0 Å². The van der Waals surface area contributed by atoms with E-state index in [0.29, 0.717) is 11.3 Å². The van der Waals surface area contributed by atoms with E-state index in [1.165, 1.54) is 0 Å². The first-order valence-corrected chi connectivity index (χ1v) is 16.0. The molecular weight excluding hydrogens is 583 g/mol. The van der Waals surface area contributed by atoms with Gasteiger partial charge >= 0.3 is 0 Å². The quantitative estimate of drug-likeness (QED) is 0.185. The molecular formula is C46H31NO. The Morgan fingerprint density at radius 3 is 1.67 bits per heavy atom. The van der Waals surface area contributed by atoms with Gasteiger partial charge in [0.15, 0.2) is 0 Å². The minimum Gasteiger partial charge on any atom is -0.455 e. The third-order valence-corrected chi connectivity index (χ3v) is 8.95. The van der Waals surface area contributed by atoms with E-state index in [1.54, 1.807) is 0 Å². The highest BCUT2D eigenvalue weighted by molar-refractivity contribution is 6.19. The van der Waals surface area contributed by atoms with Crippen LogP contribution in [0.3, 0.4) is 0 Å². The Bertz CT molecular complexity index is 2730. The second-order valence-corrected chi connectivity index (χ2v) is 11.8. The Morgan fingerprint density at radius 2 is 0.979 bits per heavy atom. The summed E-state index contributed by atoms with van der Waals surface area (Å²) in [5, 5.41) is 4.29. The maximum absolute atomic E-state index is 9.27. The van der Waals surface area contributed by atoms with Crippen molar-refractivity contribution in [3.05, 3.63) is 188 Å². The molecule has 0 aliphatic heterocycles. The molecule has 1 heterocycles. The van der Waals surface area contributed by atoms with Crippen LogP contribution in [0, 0.1) is 0 Å². The molecule has 0 N–H and O–H groups in total. The van der Waals surface area contributed by atoms with E-state index < -0.39 is 0 Å². The van der Waals surface area contributed by atoms with Gasteiger partial charge in [0.05, 0.1) is 5.48 Å². The molecule has 2 heteroatoms. The third kappa shape index (κ3) is 4.92. The summed E-state index contributed by atoms with van der Waals surface area (Å²) in [7, 11) is 0. The molecule has 0 radical (unpaired) electrons. The maximum atomic E-state index is 9.27. The van der Waals surface area contributed by atoms with E-state index >= 15 is 0 Å². The number of benzene rings is 8. The molecule has 226 valence electrons. The monoisotopic (exact) mass is 617 g/mol. The van der Waals surface area contributed by atoms with Crippen molar-refractivity contribution in [2.45, 2.75) is 0 Å². The Kier molecular flexibility index (Phi) is 5.85. The van der Waals surface area contributed by atoms with E-state index in [1.807, 2.05) is 126 Å². The molecule has 0 aliphatic carbocycles. The molecule has 9 aromatic rings. The van der Waals surface area contributed by atoms with Crippen LogP contribution in [0.15, 0.2) is 192 Å². The van der Waals surface area contributed by atoms with Crippen molar-refractivity contribution in [3.8, 4) is 33.4 Å². The van der Waals surface area contributed by atoms with E-state index in [0.717, 1.165) is 60.7 Å². The van der Waals surface area contributed by atoms with Crippen molar-refractivity contribution in [1.29, 1.82) is 0 Å². The highest BCUT2D eigenvalue weighted by Crippen LogP contribution is 2.41. The molecule has 0 bridgehead atoms. The number of rotatable bonds is 6. The van der Waals surface area contributed by atoms with E-state index in [9.17, 15) is 2.74 Å². The van der Waals surface area contributed by atoms with E-state index in [-0.39, 0.29) is 35.4 Å². The molecule has 0 saturated carbocycles. The van der Waals surface area contributed by atoms with Gasteiger partial charge < -0.3 is 9.32 Å². The minimum absolute atomic E-state index is 0.0873. The number of hydrogen-bond acceptors (Lipinski definition) is 2. The largest absolute Gasteiger partial charge is 0.455 e. The fourth-order valence-corrected chi connectivity index (χ4v) is 6.59. The highest BCUT2D eigenvalue weighted by atomic mass is 16.3. The van der Waals surface area contributed by atoms with E-state index in [4.69, 9.17) is 7.16 Å². The third-order valence-electron chi connectivity index (χ3n) is 8.95. The second-order valence-electron chi connectivity index (χ2n) is 11.8. The predicted molar refractivity (Wildman–Crippen MR) is 202 cm³/mol. The zero-order valence-corrected chi connectivity index (χ0v) is 25.9. The van der Waals surface area contributed by atoms with Crippen molar-refractivity contribution in [3.63, 3.8) is 0 Å². The zero-order chi connectivity index (χ0) is 35.3. The Balaban J connectivity index is 1.20. The van der Waals surface area contributed by atoms with Crippen LogP contribution in [0.25, 0.3) is 66.1 Å². The molecule has 0 fully saturated rings. The molecule has 9 rings (SSSR count). The zero-order valence-electron chi connectivity index (χ0n) is 29.9. The van der Waals surface area contributed by atoms with Gasteiger partial charge in [0.2, 0.25) is 0 Å². The molecule has 8 aromatic carbocycles. The van der Waals surface area contributed by atoms with Crippen LogP contribution in [-0.2, 0) is 0 Å². The summed E-state index contributed by atoms with van der Waals surface area (Å²) < 4.78 is 43.1. The molecule has 48 heavy (non-hydrogen) atoms. The van der Waals surface area contributed by atoms with Gasteiger partial charge in [0, 0.05) is 33.2 Å². The lowest BCUT2D eigenvalue weighted by atomic mass is 9.98. The molecule has 2 nitrogen and oxygen atoms in total. The number of furan rings is 1. The fraction of sp³-hybridized carbons (Fsp3) is 0. The summed E-state index contributed by atoms with van der Waals surface area (Å²) in [5.41, 5.74) is 8.35. The van der Waals surface area contributed by atoms with Gasteiger partial charge in [-0.15, -0.1) is 0 Å². The topological polar surface area (TPSA) is 16.4 Å². The van der Waals surface area contributed by atoms with Crippen LogP contribution in [0.2, 0.25) is 0 Å². The molecule has 1 aromatic heterocycles. The molecule has 0 saturated heterocycles. The fourth-order valence-electron chi connectivity index (χ4n) is 6.59. The first-order valence-electron chi connectivity index (χ1n) is 18.0. The number of hydrogen-bond donors (Lipinski definition) is 0. The summed E-state index contributed by atoms with van der Waals surface area (Å²) >= 11 is 0. The molecule has 0 atom stereocenters. The molecule has 0 aliphatic rings. The van der Waals surface area contributed by atoms with Gasteiger partial charge in [0.25, 0.3) is 0 Å². The van der Waals surface area contributed by atoms with Gasteiger partial charge in [-0.25, -0.2) is 0 Å². The number of anilines is 3. The first-order chi connectivity index (χ1) is 25.5. The average molecular weight is 618 g/mol. The molecule has 0 spiro atoms. The lowest BCUT2D eigenvalue weighted by Crippen LogP contribution is -2.09. The maximum Gasteiger partial charge on any atom is 0.143 e. The minimum atomic E-state index is -0.113. The Labute approximate surface area is 285 Å². The first kappa shape index (κ1) is 23.9. The molecule has 0 unspecified atom stereocenters. The normalized spacial score (nSPS) is 12.5. The Hall–Kier alpha value is -6.38. The highest BCUT2D eigenvalue weighted by Gasteiger charge is 2.17. The summed E-state index contributed by atoms with van der Waals surface area (Å²) in [6, 6.07) is 53.6. The van der Waals surface area contributed by atoms with Crippen molar-refractivity contribution < 1.29 is 9.90 Å². The number of nitrogens with zero attached hydrogens (tertiary/aromatic N) is 1. The van der Waals surface area contributed by atoms with Crippen LogP contribution < -0.4 is 4.90 Å². The van der Waals surface area contributed by atoms with Crippen LogP contribution in [0.4, 0.5) is 17.1 Å². The van der Waals surface area contributed by atoms with Gasteiger partial charge in [0.1, 0.15) is 11.2 Å². The second kappa shape index (κ2) is 11.8. The summed E-state index contributed by atoms with van der Waals surface area (Å²) in [6.45, 7) is 0. The lowest BCUT2D eigenvalue weighted by Gasteiger charge is -2.26. The summed E-state index contributed by atoms with van der Waals surface area (Å²) in [4.78, 5) is 1.83. The van der Waals surface area contributed by atoms with Gasteiger partial charge in [-0.3, -0.25) is 0 Å².